The molecule has 1 fully saturated rings. The quantitative estimate of drug-likeness (QED) is 0.355. The minimum Gasteiger partial charge on any atom is -0.438 e. The van der Waals surface area contributed by atoms with Gasteiger partial charge in [-0.1, -0.05) is 66.7 Å². The molecule has 1 aliphatic rings. The van der Waals surface area contributed by atoms with Gasteiger partial charge >= 0.3 is 0 Å². The molecule has 1 unspecified atom stereocenters. The molecule has 200 valence electrons. The van der Waals surface area contributed by atoms with Gasteiger partial charge in [-0.05, 0) is 36.2 Å². The van der Waals surface area contributed by atoms with Crippen LogP contribution in [0.1, 0.15) is 15.9 Å². The predicted molar refractivity (Wildman–Crippen MR) is 150 cm³/mol. The third-order valence-electron chi connectivity index (χ3n) is 6.79. The summed E-state index contributed by atoms with van der Waals surface area (Å²) in [6, 6.07) is 25.8. The Hall–Kier alpha value is -4.27. The largest absolute Gasteiger partial charge is 0.438 e. The molecule has 8 nitrogen and oxygen atoms in total. The molecule has 0 radical (unpaired) electrons. The summed E-state index contributed by atoms with van der Waals surface area (Å²) in [7, 11) is 2.03. The number of nitrogens with one attached hydrogen (secondary N) is 1. The summed E-state index contributed by atoms with van der Waals surface area (Å²) >= 11 is 0. The molecular weight excluding hydrogens is 492 g/mol. The van der Waals surface area contributed by atoms with Crippen LogP contribution in [0.2, 0.25) is 0 Å². The van der Waals surface area contributed by atoms with Gasteiger partial charge in [0.15, 0.2) is 0 Å². The van der Waals surface area contributed by atoms with Gasteiger partial charge in [0, 0.05) is 37.8 Å². The van der Waals surface area contributed by atoms with Gasteiger partial charge in [0.25, 0.3) is 5.91 Å². The molecule has 5 rings (SSSR count). The molecule has 0 saturated carbocycles. The van der Waals surface area contributed by atoms with Crippen LogP contribution in [0, 0.1) is 0 Å². The SMILES string of the molecule is CN1CCN(C(=O)C(COCc2ccccc2)NC(=O)c2cccnc2Oc2cccc3ccccc23)CC1. The van der Waals surface area contributed by atoms with E-state index in [-0.39, 0.29) is 24.0 Å². The Balaban J connectivity index is 1.34. The first-order chi connectivity index (χ1) is 19.1. The number of carbonyl (C=O) groups excluding carboxylic acids is 2. The Morgan fingerprint density at radius 3 is 2.46 bits per heavy atom. The Bertz CT molecular complexity index is 1420. The fourth-order valence-corrected chi connectivity index (χ4v) is 4.56. The van der Waals surface area contributed by atoms with E-state index < -0.39 is 11.9 Å². The van der Waals surface area contributed by atoms with Crippen molar-refractivity contribution in [3.8, 4) is 11.6 Å². The highest BCUT2D eigenvalue weighted by Crippen LogP contribution is 2.30. The standard InChI is InChI=1S/C31H32N4O4/c1-34-17-19-35(20-18-34)31(37)27(22-38-21-23-9-3-2-4-10-23)33-29(36)26-14-8-16-32-30(26)39-28-15-7-12-24-11-5-6-13-25(24)28/h2-16,27H,17-22H2,1H3,(H,33,36). The highest BCUT2D eigenvalue weighted by atomic mass is 16.5. The highest BCUT2D eigenvalue weighted by molar-refractivity contribution is 5.99. The van der Waals surface area contributed by atoms with E-state index in [0.717, 1.165) is 29.4 Å². The number of hydrogen-bond donors (Lipinski definition) is 1. The summed E-state index contributed by atoms with van der Waals surface area (Å²) in [6.07, 6.45) is 1.58. The van der Waals surface area contributed by atoms with Gasteiger partial charge in [0.05, 0.1) is 13.2 Å². The van der Waals surface area contributed by atoms with Gasteiger partial charge in [-0.25, -0.2) is 4.98 Å². The van der Waals surface area contributed by atoms with Gasteiger partial charge in [-0.2, -0.15) is 0 Å². The lowest BCUT2D eigenvalue weighted by molar-refractivity contribution is -0.136. The Morgan fingerprint density at radius 1 is 0.897 bits per heavy atom. The van der Waals surface area contributed by atoms with Crippen LogP contribution >= 0.6 is 0 Å². The molecule has 1 saturated heterocycles. The van der Waals surface area contributed by atoms with Crippen LogP contribution in [0.15, 0.2) is 91.1 Å². The Morgan fingerprint density at radius 2 is 1.64 bits per heavy atom. The molecule has 0 bridgehead atoms. The first-order valence-electron chi connectivity index (χ1n) is 13.1. The fourth-order valence-electron chi connectivity index (χ4n) is 4.56. The van der Waals surface area contributed by atoms with Crippen molar-refractivity contribution in [1.29, 1.82) is 0 Å². The van der Waals surface area contributed by atoms with E-state index in [1.165, 1.54) is 0 Å². The number of aromatic nitrogens is 1. The second-order valence-electron chi connectivity index (χ2n) is 9.59. The van der Waals surface area contributed by atoms with Crippen molar-refractivity contribution < 1.29 is 19.1 Å². The average Bonchev–Trinajstić information content (AvgIpc) is 2.97. The molecule has 2 amide bonds. The van der Waals surface area contributed by atoms with E-state index in [2.05, 4.69) is 15.2 Å². The smallest absolute Gasteiger partial charge is 0.257 e. The van der Waals surface area contributed by atoms with E-state index in [4.69, 9.17) is 9.47 Å². The molecule has 1 aliphatic heterocycles. The van der Waals surface area contributed by atoms with Crippen LogP contribution in [0.4, 0.5) is 0 Å². The number of nitrogens with zero attached hydrogens (tertiary/aromatic N) is 3. The van der Waals surface area contributed by atoms with Gasteiger partial charge in [0.1, 0.15) is 17.4 Å². The maximum atomic E-state index is 13.5. The van der Waals surface area contributed by atoms with Crippen LogP contribution in [0.5, 0.6) is 11.6 Å². The maximum absolute atomic E-state index is 13.5. The highest BCUT2D eigenvalue weighted by Gasteiger charge is 2.29. The van der Waals surface area contributed by atoms with E-state index in [1.54, 1.807) is 23.2 Å². The van der Waals surface area contributed by atoms with E-state index in [0.29, 0.717) is 25.4 Å². The summed E-state index contributed by atoms with van der Waals surface area (Å²) in [6.45, 7) is 3.15. The number of ether oxygens (including phenoxy) is 2. The zero-order valence-corrected chi connectivity index (χ0v) is 22.0. The number of fused-ring (bicyclic) bond motifs is 1. The van der Waals surface area contributed by atoms with Crippen molar-refractivity contribution in [2.24, 2.45) is 0 Å². The van der Waals surface area contributed by atoms with Gasteiger partial charge in [-0.15, -0.1) is 0 Å². The van der Waals surface area contributed by atoms with Gasteiger partial charge in [-0.3, -0.25) is 9.59 Å². The summed E-state index contributed by atoms with van der Waals surface area (Å²) in [4.78, 5) is 35.3. The summed E-state index contributed by atoms with van der Waals surface area (Å²) in [5.41, 5.74) is 1.23. The van der Waals surface area contributed by atoms with Crippen molar-refractivity contribution in [1.82, 2.24) is 20.1 Å². The number of benzene rings is 3. The van der Waals surface area contributed by atoms with Crippen LogP contribution in [0.3, 0.4) is 0 Å². The van der Waals surface area contributed by atoms with Crippen molar-refractivity contribution in [3.05, 3.63) is 102 Å². The number of rotatable bonds is 9. The third-order valence-corrected chi connectivity index (χ3v) is 6.79. The van der Waals surface area contributed by atoms with E-state index >= 15 is 0 Å². The van der Waals surface area contributed by atoms with Crippen molar-refractivity contribution in [2.45, 2.75) is 12.6 Å². The average molecular weight is 525 g/mol. The molecule has 4 aromatic rings. The Labute approximate surface area is 228 Å². The number of carbonyl (C=O) groups is 2. The van der Waals surface area contributed by atoms with E-state index in [1.807, 2.05) is 79.8 Å². The third kappa shape index (κ3) is 6.60. The van der Waals surface area contributed by atoms with Crippen LogP contribution in [0.25, 0.3) is 10.8 Å². The number of pyridine rings is 1. The molecule has 3 aromatic carbocycles. The second-order valence-corrected chi connectivity index (χ2v) is 9.59. The molecule has 1 N–H and O–H groups in total. The molecule has 1 atom stereocenters. The Kier molecular flexibility index (Phi) is 8.45. The summed E-state index contributed by atoms with van der Waals surface area (Å²) < 4.78 is 12.1. The number of piperazine rings is 1. The van der Waals surface area contributed by atoms with Crippen LogP contribution in [-0.2, 0) is 16.1 Å². The zero-order chi connectivity index (χ0) is 27.0. The lowest BCUT2D eigenvalue weighted by Gasteiger charge is -2.34. The van der Waals surface area contributed by atoms with Crippen LogP contribution in [-0.4, -0.2) is 72.5 Å². The van der Waals surface area contributed by atoms with Crippen molar-refractivity contribution in [2.75, 3.05) is 39.8 Å². The monoisotopic (exact) mass is 524 g/mol. The van der Waals surface area contributed by atoms with E-state index in [9.17, 15) is 9.59 Å². The second kappa shape index (κ2) is 12.5. The number of hydrogen-bond acceptors (Lipinski definition) is 6. The first-order valence-corrected chi connectivity index (χ1v) is 13.1. The molecule has 0 aliphatic carbocycles. The van der Waals surface area contributed by atoms with Crippen molar-refractivity contribution >= 4 is 22.6 Å². The van der Waals surface area contributed by atoms with Gasteiger partial charge in [0.2, 0.25) is 11.8 Å². The zero-order valence-electron chi connectivity index (χ0n) is 22.0. The van der Waals surface area contributed by atoms with Crippen LogP contribution < -0.4 is 10.1 Å². The summed E-state index contributed by atoms with van der Waals surface area (Å²) in [5.74, 6) is 0.151. The van der Waals surface area contributed by atoms with Crippen molar-refractivity contribution in [3.63, 3.8) is 0 Å². The first kappa shape index (κ1) is 26.3. The minimum atomic E-state index is -0.852. The maximum Gasteiger partial charge on any atom is 0.257 e. The lowest BCUT2D eigenvalue weighted by Crippen LogP contribution is -2.55. The molecule has 39 heavy (non-hydrogen) atoms. The topological polar surface area (TPSA) is 84.0 Å². The molecule has 1 aromatic heterocycles. The number of likely N-dealkylation sites (N-methyl/N-ethyl adjacent to an activating group) is 1. The molecule has 0 spiro atoms. The molecule has 8 heteroatoms. The van der Waals surface area contributed by atoms with Gasteiger partial charge < -0.3 is 24.6 Å². The molecular formula is C31H32N4O4. The predicted octanol–water partition coefficient (Wildman–Crippen LogP) is 4.12. The molecule has 2 heterocycles. The lowest BCUT2D eigenvalue weighted by atomic mass is 10.1. The summed E-state index contributed by atoms with van der Waals surface area (Å²) in [5, 5.41) is 4.83. The fraction of sp³-hybridized carbons (Fsp3) is 0.258. The minimum absolute atomic E-state index is 0.0472. The number of amides is 2. The normalized spacial score (nSPS) is 14.6.